The lowest BCUT2D eigenvalue weighted by atomic mass is 9.97. The fourth-order valence-electron chi connectivity index (χ4n) is 1.63. The molecule has 0 fully saturated rings. The number of hydrogen-bond acceptors (Lipinski definition) is 2. The summed E-state index contributed by atoms with van der Waals surface area (Å²) in [6.45, 7) is 1.24. The molecule has 3 nitrogen and oxygen atoms in total. The average Bonchev–Trinajstić information content (AvgIpc) is 2.39. The third-order valence-corrected chi connectivity index (χ3v) is 2.59. The van der Waals surface area contributed by atoms with Gasteiger partial charge in [0.2, 0.25) is 5.56 Å². The van der Waals surface area contributed by atoms with Crippen LogP contribution in [0.5, 0.6) is 5.75 Å². The third-order valence-electron chi connectivity index (χ3n) is 2.59. The van der Waals surface area contributed by atoms with Gasteiger partial charge in [-0.1, -0.05) is 23.7 Å². The maximum absolute atomic E-state index is 11.4. The zero-order valence-corrected chi connectivity index (χ0v) is 10.1. The Morgan fingerprint density at radius 1 is 1.11 bits per heavy atom. The largest absolute Gasteiger partial charge is 0.494 e. The Balaban J connectivity index is 1.78. The quantitative estimate of drug-likeness (QED) is 0.578. The van der Waals surface area contributed by atoms with E-state index in [-0.39, 0.29) is 5.56 Å². The molecule has 0 saturated heterocycles. The Hall–Kier alpha value is -1.97. The Kier molecular flexibility index (Phi) is 4.23. The topological polar surface area (TPSA) is 31.2 Å². The van der Waals surface area contributed by atoms with Crippen molar-refractivity contribution >= 4 is 13.3 Å². The van der Waals surface area contributed by atoms with Gasteiger partial charge in [-0.2, -0.15) is 0 Å². The zero-order chi connectivity index (χ0) is 12.8. The molecule has 0 spiro atoms. The number of aryl methyl sites for hydroxylation is 1. The molecule has 1 heterocycles. The van der Waals surface area contributed by atoms with E-state index in [9.17, 15) is 4.79 Å². The van der Waals surface area contributed by atoms with Gasteiger partial charge < -0.3 is 9.30 Å². The molecule has 1 aromatic carbocycles. The van der Waals surface area contributed by atoms with Gasteiger partial charge in [-0.3, -0.25) is 4.79 Å². The molecule has 0 atom stereocenters. The van der Waals surface area contributed by atoms with E-state index in [4.69, 9.17) is 12.6 Å². The lowest BCUT2D eigenvalue weighted by Gasteiger charge is -2.07. The summed E-state index contributed by atoms with van der Waals surface area (Å²) in [6, 6.07) is 12.4. The molecular formula is C14H14BNO2. The van der Waals surface area contributed by atoms with Crippen LogP contribution in [0.2, 0.25) is 0 Å². The molecule has 18 heavy (non-hydrogen) atoms. The van der Waals surface area contributed by atoms with Gasteiger partial charge in [0.05, 0.1) is 6.61 Å². The van der Waals surface area contributed by atoms with Crippen LogP contribution in [0.25, 0.3) is 0 Å². The van der Waals surface area contributed by atoms with E-state index in [2.05, 4.69) is 0 Å². The molecule has 2 radical (unpaired) electrons. The molecule has 90 valence electrons. The van der Waals surface area contributed by atoms with Crippen molar-refractivity contribution in [2.24, 2.45) is 0 Å². The van der Waals surface area contributed by atoms with Gasteiger partial charge in [-0.15, -0.1) is 0 Å². The second-order valence-corrected chi connectivity index (χ2v) is 4.00. The van der Waals surface area contributed by atoms with Crippen molar-refractivity contribution in [1.29, 1.82) is 0 Å². The summed E-state index contributed by atoms with van der Waals surface area (Å²) < 4.78 is 7.22. The van der Waals surface area contributed by atoms with Gasteiger partial charge in [0, 0.05) is 18.8 Å². The SMILES string of the molecule is [B]c1ccc(OCCCn2ccccc2=O)cc1. The number of rotatable bonds is 5. The fourth-order valence-corrected chi connectivity index (χ4v) is 1.63. The fraction of sp³-hybridized carbons (Fsp3) is 0.214. The van der Waals surface area contributed by atoms with E-state index < -0.39 is 0 Å². The van der Waals surface area contributed by atoms with Gasteiger partial charge in [0.25, 0.3) is 0 Å². The molecule has 2 aromatic rings. The van der Waals surface area contributed by atoms with Gasteiger partial charge in [-0.25, -0.2) is 0 Å². The van der Waals surface area contributed by atoms with Gasteiger partial charge >= 0.3 is 0 Å². The maximum Gasteiger partial charge on any atom is 0.250 e. The summed E-state index contributed by atoms with van der Waals surface area (Å²) in [7, 11) is 5.58. The number of aromatic nitrogens is 1. The van der Waals surface area contributed by atoms with Crippen molar-refractivity contribution in [3.63, 3.8) is 0 Å². The molecule has 0 aliphatic heterocycles. The molecule has 0 aliphatic carbocycles. The first-order chi connectivity index (χ1) is 8.75. The average molecular weight is 239 g/mol. The molecule has 1 aromatic heterocycles. The van der Waals surface area contributed by atoms with Crippen LogP contribution >= 0.6 is 0 Å². The summed E-state index contributed by atoms with van der Waals surface area (Å²) in [5, 5.41) is 0. The molecule has 0 aliphatic rings. The van der Waals surface area contributed by atoms with Crippen LogP contribution in [0, 0.1) is 0 Å². The number of ether oxygens (including phenoxy) is 1. The van der Waals surface area contributed by atoms with Crippen molar-refractivity contribution in [2.45, 2.75) is 13.0 Å². The highest BCUT2D eigenvalue weighted by Crippen LogP contribution is 2.07. The lowest BCUT2D eigenvalue weighted by molar-refractivity contribution is 0.301. The molecule has 4 heteroatoms. The van der Waals surface area contributed by atoms with E-state index >= 15 is 0 Å². The van der Waals surface area contributed by atoms with E-state index in [0.717, 1.165) is 17.6 Å². The summed E-state index contributed by atoms with van der Waals surface area (Å²) in [5.74, 6) is 0.796. The van der Waals surface area contributed by atoms with E-state index in [1.54, 1.807) is 35.0 Å². The minimum absolute atomic E-state index is 0.0185. The number of hydrogen-bond donors (Lipinski definition) is 0. The minimum Gasteiger partial charge on any atom is -0.494 e. The maximum atomic E-state index is 11.4. The first-order valence-electron chi connectivity index (χ1n) is 5.89. The highest BCUT2D eigenvalue weighted by molar-refractivity contribution is 6.32. The van der Waals surface area contributed by atoms with Crippen molar-refractivity contribution < 1.29 is 4.74 Å². The Morgan fingerprint density at radius 3 is 2.61 bits per heavy atom. The Bertz CT molecular complexity index is 548. The van der Waals surface area contributed by atoms with E-state index in [1.165, 1.54) is 0 Å². The van der Waals surface area contributed by atoms with Crippen LogP contribution in [0.3, 0.4) is 0 Å². The minimum atomic E-state index is 0.0185. The van der Waals surface area contributed by atoms with Crippen LogP contribution < -0.4 is 15.8 Å². The molecule has 0 bridgehead atoms. The van der Waals surface area contributed by atoms with Crippen molar-refractivity contribution in [2.75, 3.05) is 6.61 Å². The Labute approximate surface area is 107 Å². The summed E-state index contributed by atoms with van der Waals surface area (Å²) in [6.07, 6.45) is 2.57. The second-order valence-electron chi connectivity index (χ2n) is 4.00. The summed E-state index contributed by atoms with van der Waals surface area (Å²) >= 11 is 0. The van der Waals surface area contributed by atoms with Crippen LogP contribution in [-0.4, -0.2) is 19.0 Å². The van der Waals surface area contributed by atoms with Crippen LogP contribution in [0.4, 0.5) is 0 Å². The summed E-state index contributed by atoms with van der Waals surface area (Å²) in [4.78, 5) is 11.4. The zero-order valence-electron chi connectivity index (χ0n) is 10.1. The highest BCUT2D eigenvalue weighted by atomic mass is 16.5. The van der Waals surface area contributed by atoms with Crippen molar-refractivity contribution in [1.82, 2.24) is 4.57 Å². The lowest BCUT2D eigenvalue weighted by Crippen LogP contribution is -2.18. The molecule has 2 rings (SSSR count). The van der Waals surface area contributed by atoms with Crippen LogP contribution in [-0.2, 0) is 6.54 Å². The standard InChI is InChI=1S/C14H14BNO2/c15-12-5-7-13(8-6-12)18-11-3-10-16-9-2-1-4-14(16)17/h1-2,4-9H,3,10-11H2. The molecule has 0 amide bonds. The van der Waals surface area contributed by atoms with Gasteiger partial charge in [-0.05, 0) is 24.6 Å². The Morgan fingerprint density at radius 2 is 1.89 bits per heavy atom. The molecule has 0 saturated carbocycles. The first kappa shape index (κ1) is 12.5. The van der Waals surface area contributed by atoms with Crippen molar-refractivity contribution in [3.05, 3.63) is 59.0 Å². The van der Waals surface area contributed by atoms with Gasteiger partial charge in [0.15, 0.2) is 0 Å². The molecule has 0 unspecified atom stereocenters. The number of nitrogens with zero attached hydrogens (tertiary/aromatic N) is 1. The third kappa shape index (κ3) is 3.52. The van der Waals surface area contributed by atoms with Crippen LogP contribution in [0.15, 0.2) is 53.5 Å². The van der Waals surface area contributed by atoms with Crippen LogP contribution in [0.1, 0.15) is 6.42 Å². The number of benzene rings is 1. The predicted octanol–water partition coefficient (Wildman–Crippen LogP) is 1.11. The van der Waals surface area contributed by atoms with E-state index in [0.29, 0.717) is 13.2 Å². The monoisotopic (exact) mass is 239 g/mol. The smallest absolute Gasteiger partial charge is 0.250 e. The second kappa shape index (κ2) is 6.10. The molecular weight excluding hydrogens is 225 g/mol. The van der Waals surface area contributed by atoms with E-state index in [1.807, 2.05) is 18.2 Å². The highest BCUT2D eigenvalue weighted by Gasteiger charge is 1.96. The van der Waals surface area contributed by atoms with Crippen molar-refractivity contribution in [3.8, 4) is 5.75 Å². The first-order valence-corrected chi connectivity index (χ1v) is 5.89. The normalized spacial score (nSPS) is 10.2. The summed E-state index contributed by atoms with van der Waals surface area (Å²) in [5.41, 5.74) is 0.739. The van der Waals surface area contributed by atoms with Gasteiger partial charge in [0.1, 0.15) is 13.6 Å². The molecule has 0 N–H and O–H groups in total. The number of pyridine rings is 1. The predicted molar refractivity (Wildman–Crippen MR) is 72.6 cm³/mol.